The SMILES string of the molecule is BrNC1C2CC3CC(C2)C(C2C4CC5CC(C4)C(NBr)C2C5)C1C3. The predicted molar refractivity (Wildman–Crippen MR) is 104 cm³/mol. The highest BCUT2D eigenvalue weighted by Crippen LogP contribution is 2.66. The van der Waals surface area contributed by atoms with Crippen LogP contribution in [-0.2, 0) is 0 Å². The molecule has 0 aromatic heterocycles. The summed E-state index contributed by atoms with van der Waals surface area (Å²) in [5.74, 6) is 10.1. The third kappa shape index (κ3) is 2.06. The molecule has 8 rings (SSSR count). The van der Waals surface area contributed by atoms with E-state index in [-0.39, 0.29) is 0 Å². The Hall–Kier alpha value is 0.880. The van der Waals surface area contributed by atoms with Gasteiger partial charge in [0.1, 0.15) is 0 Å². The van der Waals surface area contributed by atoms with E-state index in [4.69, 9.17) is 0 Å². The van der Waals surface area contributed by atoms with Gasteiger partial charge >= 0.3 is 0 Å². The Balaban J connectivity index is 1.36. The zero-order valence-corrected chi connectivity index (χ0v) is 17.5. The van der Waals surface area contributed by atoms with Gasteiger partial charge in [0.05, 0.1) is 0 Å². The number of nitrogens with one attached hydrogen (secondary N) is 2. The molecule has 0 aliphatic heterocycles. The molecular formula is C20H30Br2N2. The van der Waals surface area contributed by atoms with Crippen molar-refractivity contribution in [2.75, 3.05) is 0 Å². The van der Waals surface area contributed by atoms with Crippen LogP contribution in [0.5, 0.6) is 0 Å². The Labute approximate surface area is 163 Å². The highest BCUT2D eigenvalue weighted by molar-refractivity contribution is 9.08. The van der Waals surface area contributed by atoms with Crippen molar-refractivity contribution in [2.24, 2.45) is 59.2 Å². The van der Waals surface area contributed by atoms with E-state index >= 15 is 0 Å². The van der Waals surface area contributed by atoms with Gasteiger partial charge in [0, 0.05) is 44.4 Å². The topological polar surface area (TPSA) is 24.1 Å². The molecule has 8 bridgehead atoms. The van der Waals surface area contributed by atoms with Crippen molar-refractivity contribution in [3.63, 3.8) is 0 Å². The third-order valence-corrected chi connectivity index (χ3v) is 10.7. The molecule has 8 aliphatic carbocycles. The molecular weight excluding hydrogens is 428 g/mol. The molecule has 12 unspecified atom stereocenters. The van der Waals surface area contributed by atoms with Gasteiger partial charge in [0.15, 0.2) is 0 Å². The molecule has 0 amide bonds. The first-order valence-corrected chi connectivity index (χ1v) is 12.1. The fraction of sp³-hybridized carbons (Fsp3) is 1.00. The van der Waals surface area contributed by atoms with E-state index in [1.54, 1.807) is 12.8 Å². The van der Waals surface area contributed by atoms with Crippen LogP contribution >= 0.6 is 32.3 Å². The Morgan fingerprint density at radius 2 is 0.917 bits per heavy atom. The molecule has 0 heterocycles. The van der Waals surface area contributed by atoms with Gasteiger partial charge in [-0.1, -0.05) is 0 Å². The highest BCUT2D eigenvalue weighted by atomic mass is 79.9. The fourth-order valence-corrected chi connectivity index (χ4v) is 10.9. The summed E-state index contributed by atoms with van der Waals surface area (Å²) in [4.78, 5) is 0. The lowest BCUT2D eigenvalue weighted by Gasteiger charge is -2.66. The van der Waals surface area contributed by atoms with E-state index in [0.717, 1.165) is 71.3 Å². The Kier molecular flexibility index (Phi) is 3.77. The summed E-state index contributed by atoms with van der Waals surface area (Å²) in [6, 6.07) is 1.52. The van der Waals surface area contributed by atoms with Gasteiger partial charge in [0.25, 0.3) is 0 Å². The van der Waals surface area contributed by atoms with Gasteiger partial charge in [-0.15, -0.1) is 0 Å². The van der Waals surface area contributed by atoms with Crippen LogP contribution < -0.4 is 8.69 Å². The minimum Gasteiger partial charge on any atom is -0.252 e. The van der Waals surface area contributed by atoms with Gasteiger partial charge in [-0.3, -0.25) is 8.69 Å². The average molecular weight is 458 g/mol. The van der Waals surface area contributed by atoms with Gasteiger partial charge in [-0.25, -0.2) is 0 Å². The minimum absolute atomic E-state index is 0.760. The predicted octanol–water partition coefficient (Wildman–Crippen LogP) is 4.89. The quantitative estimate of drug-likeness (QED) is 0.589. The Bertz CT molecular complexity index is 482. The summed E-state index contributed by atoms with van der Waals surface area (Å²) in [7, 11) is 0. The summed E-state index contributed by atoms with van der Waals surface area (Å²) in [6.45, 7) is 0. The van der Waals surface area contributed by atoms with Gasteiger partial charge in [0.2, 0.25) is 0 Å². The number of fused-ring (bicyclic) bond motifs is 1. The van der Waals surface area contributed by atoms with Crippen molar-refractivity contribution < 1.29 is 0 Å². The molecule has 0 saturated heterocycles. The number of hydrogen-bond acceptors (Lipinski definition) is 2. The number of rotatable bonds is 3. The first-order chi connectivity index (χ1) is 11.8. The van der Waals surface area contributed by atoms with Gasteiger partial charge in [-0.2, -0.15) is 0 Å². The summed E-state index contributed by atoms with van der Waals surface area (Å²) in [5.41, 5.74) is 0. The van der Waals surface area contributed by atoms with Crippen molar-refractivity contribution in [1.82, 2.24) is 8.69 Å². The molecule has 8 fully saturated rings. The van der Waals surface area contributed by atoms with Crippen molar-refractivity contribution >= 4 is 32.3 Å². The lowest BCUT2D eigenvalue weighted by atomic mass is 9.40. The minimum atomic E-state index is 0.760. The third-order valence-electron chi connectivity index (χ3n) is 9.68. The second-order valence-corrected chi connectivity index (χ2v) is 11.3. The first kappa shape index (κ1) is 15.9. The molecule has 24 heavy (non-hydrogen) atoms. The Morgan fingerprint density at radius 1 is 0.500 bits per heavy atom. The van der Waals surface area contributed by atoms with Gasteiger partial charge in [-0.05, 0) is 111 Å². The molecule has 134 valence electrons. The molecule has 12 atom stereocenters. The molecule has 2 nitrogen and oxygen atoms in total. The molecule has 0 aromatic rings. The maximum Gasteiger partial charge on any atom is 0.0234 e. The largest absolute Gasteiger partial charge is 0.252 e. The van der Waals surface area contributed by atoms with Crippen LogP contribution in [0.4, 0.5) is 0 Å². The summed E-state index contributed by atoms with van der Waals surface area (Å²) in [5, 5.41) is 0. The van der Waals surface area contributed by atoms with Crippen molar-refractivity contribution in [3.8, 4) is 0 Å². The lowest BCUT2D eigenvalue weighted by molar-refractivity contribution is -0.153. The lowest BCUT2D eigenvalue weighted by Crippen LogP contribution is -2.64. The average Bonchev–Trinajstić information content (AvgIpc) is 2.56. The zero-order valence-electron chi connectivity index (χ0n) is 14.3. The Morgan fingerprint density at radius 3 is 1.33 bits per heavy atom. The summed E-state index contributed by atoms with van der Waals surface area (Å²) < 4.78 is 7.22. The van der Waals surface area contributed by atoms with Crippen LogP contribution in [0.2, 0.25) is 0 Å². The first-order valence-electron chi connectivity index (χ1n) is 10.5. The number of hydrogen-bond donors (Lipinski definition) is 2. The van der Waals surface area contributed by atoms with E-state index in [2.05, 4.69) is 41.0 Å². The van der Waals surface area contributed by atoms with E-state index in [9.17, 15) is 0 Å². The standard InChI is InChI=1S/C20H30Br2N2/c21-23-19-13-3-9-1-11(7-13)17(15(19)5-9)18-12-2-10-4-14(8-12)20(24-22)16(18)6-10/h9-20,23-24H,1-8H2. The summed E-state index contributed by atoms with van der Waals surface area (Å²) in [6.07, 6.45) is 12.3. The van der Waals surface area contributed by atoms with E-state index in [1.807, 2.05) is 0 Å². The normalized spacial score (nSPS) is 63.2. The molecule has 8 aliphatic rings. The van der Waals surface area contributed by atoms with Crippen LogP contribution in [0, 0.1) is 59.2 Å². The number of halogens is 2. The maximum absolute atomic E-state index is 3.69. The van der Waals surface area contributed by atoms with E-state index in [1.165, 1.54) is 38.5 Å². The monoisotopic (exact) mass is 456 g/mol. The van der Waals surface area contributed by atoms with Crippen LogP contribution in [0.25, 0.3) is 0 Å². The molecule has 2 N–H and O–H groups in total. The molecule has 4 heteroatoms. The molecule has 0 radical (unpaired) electrons. The van der Waals surface area contributed by atoms with Gasteiger partial charge < -0.3 is 0 Å². The van der Waals surface area contributed by atoms with Crippen molar-refractivity contribution in [2.45, 2.75) is 63.5 Å². The van der Waals surface area contributed by atoms with Crippen molar-refractivity contribution in [1.29, 1.82) is 0 Å². The maximum atomic E-state index is 3.69. The van der Waals surface area contributed by atoms with Crippen LogP contribution in [0.3, 0.4) is 0 Å². The molecule has 8 saturated carbocycles. The smallest absolute Gasteiger partial charge is 0.0234 e. The van der Waals surface area contributed by atoms with Crippen LogP contribution in [0.1, 0.15) is 51.4 Å². The van der Waals surface area contributed by atoms with E-state index in [0.29, 0.717) is 0 Å². The molecule has 0 aromatic carbocycles. The van der Waals surface area contributed by atoms with Crippen LogP contribution in [0.15, 0.2) is 0 Å². The van der Waals surface area contributed by atoms with E-state index < -0.39 is 0 Å². The van der Waals surface area contributed by atoms with Crippen LogP contribution in [-0.4, -0.2) is 12.1 Å². The summed E-state index contributed by atoms with van der Waals surface area (Å²) >= 11 is 7.37. The zero-order chi connectivity index (χ0) is 16.0. The highest BCUT2D eigenvalue weighted by Gasteiger charge is 2.61. The fourth-order valence-electron chi connectivity index (χ4n) is 9.46. The second kappa shape index (κ2) is 5.69. The second-order valence-electron chi connectivity index (χ2n) is 10.4. The van der Waals surface area contributed by atoms with Crippen molar-refractivity contribution in [3.05, 3.63) is 0 Å². The molecule has 0 spiro atoms.